The third-order valence-electron chi connectivity index (χ3n) is 8.41. The molecule has 7 nitrogen and oxygen atoms in total. The van der Waals surface area contributed by atoms with Crippen molar-refractivity contribution in [3.05, 3.63) is 65.1 Å². The second-order valence-electron chi connectivity index (χ2n) is 11.4. The Bertz CT molecular complexity index is 1350. The molecule has 0 radical (unpaired) electrons. The molecule has 3 N–H and O–H groups in total. The third kappa shape index (κ3) is 6.44. The summed E-state index contributed by atoms with van der Waals surface area (Å²) in [6.45, 7) is 9.57. The Morgan fingerprint density at radius 2 is 1.88 bits per heavy atom. The number of amides is 1. The number of hydrogen-bond acceptors (Lipinski definition) is 5. The number of rotatable bonds is 7. The average Bonchev–Trinajstić information content (AvgIpc) is 2.96. The van der Waals surface area contributed by atoms with Crippen molar-refractivity contribution >= 4 is 23.2 Å². The number of fused-ring (bicyclic) bond motifs is 1. The van der Waals surface area contributed by atoms with E-state index in [2.05, 4.69) is 27.1 Å². The zero-order valence-electron chi connectivity index (χ0n) is 24.0. The summed E-state index contributed by atoms with van der Waals surface area (Å²) in [5.74, 6) is 0.510. The van der Waals surface area contributed by atoms with E-state index in [-0.39, 0.29) is 11.5 Å². The van der Waals surface area contributed by atoms with Crippen LogP contribution in [0, 0.1) is 5.41 Å². The van der Waals surface area contributed by atoms with Gasteiger partial charge in [-0.25, -0.2) is 13.8 Å². The molecule has 3 aliphatic rings. The number of aromatic nitrogens is 1. The lowest BCUT2D eigenvalue weighted by Gasteiger charge is -2.39. The molecule has 0 bridgehead atoms. The molecular weight excluding hydrogens is 522 g/mol. The molecule has 2 aromatic rings. The zero-order valence-corrected chi connectivity index (χ0v) is 24.0. The normalized spacial score (nSPS) is 17.9. The predicted octanol–water partition coefficient (Wildman–Crippen LogP) is 6.79. The Balaban J connectivity index is 1.50. The highest BCUT2D eigenvalue weighted by Gasteiger charge is 2.31. The van der Waals surface area contributed by atoms with E-state index in [1.165, 1.54) is 32.4 Å². The molecule has 1 fully saturated rings. The Morgan fingerprint density at radius 1 is 1.10 bits per heavy atom. The van der Waals surface area contributed by atoms with Gasteiger partial charge < -0.3 is 20.4 Å². The molecule has 0 spiro atoms. The first-order chi connectivity index (χ1) is 19.7. The van der Waals surface area contributed by atoms with Crippen molar-refractivity contribution in [3.63, 3.8) is 0 Å². The first-order valence-corrected chi connectivity index (χ1v) is 14.7. The van der Waals surface area contributed by atoms with Gasteiger partial charge in [0.1, 0.15) is 11.7 Å². The number of aryl methyl sites for hydroxylation is 1. The third-order valence-corrected chi connectivity index (χ3v) is 8.41. The van der Waals surface area contributed by atoms with Gasteiger partial charge in [-0.15, -0.1) is 0 Å². The van der Waals surface area contributed by atoms with Crippen molar-refractivity contribution in [2.75, 3.05) is 29.9 Å². The van der Waals surface area contributed by atoms with E-state index in [4.69, 9.17) is 0 Å². The number of nitrogens with zero attached hydrogens (tertiary/aromatic N) is 3. The van der Waals surface area contributed by atoms with Crippen molar-refractivity contribution in [3.8, 4) is 11.1 Å². The molecule has 5 rings (SSSR count). The number of nitrogens with one attached hydrogen (secondary N) is 3. The number of carbonyl (C=O) groups is 1. The molecule has 1 saturated carbocycles. The number of hydrogen-bond donors (Lipinski definition) is 3. The zero-order chi connectivity index (χ0) is 29.1. The lowest BCUT2D eigenvalue weighted by molar-refractivity contribution is -0.114. The van der Waals surface area contributed by atoms with Gasteiger partial charge in [0, 0.05) is 79.0 Å². The van der Waals surface area contributed by atoms with Gasteiger partial charge in [-0.2, -0.15) is 0 Å². The largest absolute Gasteiger partial charge is 0.385 e. The minimum atomic E-state index is -2.69. The molecule has 1 amide bonds. The van der Waals surface area contributed by atoms with Crippen LogP contribution >= 0.6 is 0 Å². The molecule has 218 valence electrons. The topological polar surface area (TPSA) is 84.4 Å². The number of allylic oxidation sites excluding steroid dienone is 1. The number of anilines is 2. The Kier molecular flexibility index (Phi) is 8.71. The number of benzene rings is 1. The number of amidine groups is 1. The summed E-state index contributed by atoms with van der Waals surface area (Å²) in [4.78, 5) is 19.7. The smallest absolute Gasteiger partial charge is 0.264 e. The van der Waals surface area contributed by atoms with Crippen LogP contribution in [0.1, 0.15) is 76.3 Å². The number of alkyl halides is 2. The van der Waals surface area contributed by atoms with E-state index in [1.807, 2.05) is 17.9 Å². The quantitative estimate of drug-likeness (QED) is 0.256. The van der Waals surface area contributed by atoms with Crippen LogP contribution in [-0.4, -0.2) is 47.3 Å². The molecule has 41 heavy (non-hydrogen) atoms. The van der Waals surface area contributed by atoms with E-state index >= 15 is 0 Å². The standard InChI is InChI=1S/C32H40F2N6O/c1-20(2)39-15-13-28(38-24-9-5-4-6-10-24)27(19-39)32(35)40-14-7-8-22-16-25(26(31(33)34)17-29(22)40)23-11-12-30(36-18-23)37-21(3)41/h11-12,16-18,24,31,35,38H,1,4-10,13-15,19H2,2-3H3,(H,36,37,41). The lowest BCUT2D eigenvalue weighted by atomic mass is 9.91. The molecule has 3 heterocycles. The highest BCUT2D eigenvalue weighted by atomic mass is 19.3. The first kappa shape index (κ1) is 28.8. The molecule has 0 unspecified atom stereocenters. The minimum Gasteiger partial charge on any atom is -0.385 e. The lowest BCUT2D eigenvalue weighted by Crippen LogP contribution is -2.44. The van der Waals surface area contributed by atoms with Crippen LogP contribution in [0.4, 0.5) is 20.3 Å². The Hall–Kier alpha value is -3.75. The summed E-state index contributed by atoms with van der Waals surface area (Å²) >= 11 is 0. The van der Waals surface area contributed by atoms with E-state index in [9.17, 15) is 19.0 Å². The van der Waals surface area contributed by atoms with Gasteiger partial charge in [0.25, 0.3) is 6.43 Å². The molecular formula is C32H40F2N6O. The van der Waals surface area contributed by atoms with Gasteiger partial charge in [0.15, 0.2) is 0 Å². The van der Waals surface area contributed by atoms with E-state index in [0.29, 0.717) is 47.6 Å². The SMILES string of the molecule is C=C(C)N1CCC(NC2CCCCC2)=C(C(=N)N2CCCc3cc(-c4ccc(NC(C)=O)nc4)c(C(F)F)cc32)C1. The fourth-order valence-electron chi connectivity index (χ4n) is 6.24. The van der Waals surface area contributed by atoms with Crippen molar-refractivity contribution in [2.45, 2.75) is 77.7 Å². The Morgan fingerprint density at radius 3 is 2.54 bits per heavy atom. The Labute approximate surface area is 241 Å². The fraction of sp³-hybridized carbons (Fsp3) is 0.469. The molecule has 1 aromatic heterocycles. The van der Waals surface area contributed by atoms with Gasteiger partial charge in [0.05, 0.1) is 0 Å². The average molecular weight is 563 g/mol. The van der Waals surface area contributed by atoms with Crippen molar-refractivity contribution < 1.29 is 13.6 Å². The summed E-state index contributed by atoms with van der Waals surface area (Å²) in [5.41, 5.74) is 5.55. The van der Waals surface area contributed by atoms with E-state index in [1.54, 1.807) is 18.2 Å². The summed E-state index contributed by atoms with van der Waals surface area (Å²) in [7, 11) is 0. The first-order valence-electron chi connectivity index (χ1n) is 14.7. The van der Waals surface area contributed by atoms with Crippen LogP contribution in [0.15, 0.2) is 54.0 Å². The van der Waals surface area contributed by atoms with Crippen molar-refractivity contribution in [1.82, 2.24) is 15.2 Å². The summed E-state index contributed by atoms with van der Waals surface area (Å²) < 4.78 is 29.0. The van der Waals surface area contributed by atoms with Crippen LogP contribution in [0.3, 0.4) is 0 Å². The van der Waals surface area contributed by atoms with Gasteiger partial charge in [-0.1, -0.05) is 25.8 Å². The van der Waals surface area contributed by atoms with Crippen molar-refractivity contribution in [1.29, 1.82) is 5.41 Å². The molecule has 2 aliphatic heterocycles. The molecule has 1 aliphatic carbocycles. The monoisotopic (exact) mass is 562 g/mol. The summed E-state index contributed by atoms with van der Waals surface area (Å²) in [6.07, 6.45) is 7.21. The second-order valence-corrected chi connectivity index (χ2v) is 11.4. The van der Waals surface area contributed by atoms with Gasteiger partial charge in [0.2, 0.25) is 5.91 Å². The maximum Gasteiger partial charge on any atom is 0.264 e. The molecule has 0 saturated heterocycles. The van der Waals surface area contributed by atoms with Crippen LogP contribution in [0.25, 0.3) is 11.1 Å². The number of carbonyl (C=O) groups excluding carboxylic acids is 1. The highest BCUT2D eigenvalue weighted by Crippen LogP contribution is 2.40. The van der Waals surface area contributed by atoms with Gasteiger partial charge >= 0.3 is 0 Å². The fourth-order valence-corrected chi connectivity index (χ4v) is 6.24. The molecule has 9 heteroatoms. The van der Waals surface area contributed by atoms with Gasteiger partial charge in [-0.05, 0) is 68.0 Å². The molecule has 1 aromatic carbocycles. The minimum absolute atomic E-state index is 0.0840. The maximum atomic E-state index is 14.5. The van der Waals surface area contributed by atoms with Crippen LogP contribution < -0.4 is 15.5 Å². The van der Waals surface area contributed by atoms with E-state index in [0.717, 1.165) is 61.2 Å². The maximum absolute atomic E-state index is 14.5. The van der Waals surface area contributed by atoms with Crippen LogP contribution in [0.2, 0.25) is 0 Å². The van der Waals surface area contributed by atoms with E-state index < -0.39 is 6.43 Å². The van der Waals surface area contributed by atoms with Crippen LogP contribution in [-0.2, 0) is 11.2 Å². The van der Waals surface area contributed by atoms with Gasteiger partial charge in [-0.3, -0.25) is 10.2 Å². The van der Waals surface area contributed by atoms with Crippen LogP contribution in [0.5, 0.6) is 0 Å². The highest BCUT2D eigenvalue weighted by molar-refractivity contribution is 6.09. The number of pyridine rings is 1. The summed E-state index contributed by atoms with van der Waals surface area (Å²) in [5, 5.41) is 15.8. The van der Waals surface area contributed by atoms with Crippen molar-refractivity contribution in [2.24, 2.45) is 0 Å². The summed E-state index contributed by atoms with van der Waals surface area (Å²) in [6, 6.07) is 7.15. The predicted molar refractivity (Wildman–Crippen MR) is 160 cm³/mol. The molecule has 0 atom stereocenters. The second kappa shape index (κ2) is 12.4. The number of halogens is 2.